The highest BCUT2D eigenvalue weighted by molar-refractivity contribution is 7.92. The van der Waals surface area contributed by atoms with Crippen LogP contribution >= 0.6 is 0 Å². The van der Waals surface area contributed by atoms with E-state index in [0.717, 1.165) is 5.56 Å². The predicted molar refractivity (Wildman–Crippen MR) is 89.1 cm³/mol. The first kappa shape index (κ1) is 16.4. The molecule has 2 rings (SSSR count). The maximum atomic E-state index is 12.6. The third-order valence-corrected chi connectivity index (χ3v) is 4.99. The summed E-state index contributed by atoms with van der Waals surface area (Å²) in [6.45, 7) is 5.79. The number of benzene rings is 2. The second-order valence-electron chi connectivity index (χ2n) is 5.49. The van der Waals surface area contributed by atoms with Gasteiger partial charge in [0.2, 0.25) is 0 Å². The molecule has 0 saturated heterocycles. The van der Waals surface area contributed by atoms with Crippen molar-refractivity contribution < 1.29 is 13.2 Å². The van der Waals surface area contributed by atoms with E-state index < -0.39 is 10.0 Å². The Labute approximate surface area is 132 Å². The van der Waals surface area contributed by atoms with E-state index >= 15 is 0 Å². The van der Waals surface area contributed by atoms with Gasteiger partial charge in [0.1, 0.15) is 5.75 Å². The van der Waals surface area contributed by atoms with Gasteiger partial charge in [-0.15, -0.1) is 0 Å². The van der Waals surface area contributed by atoms with Gasteiger partial charge in [0.15, 0.2) is 0 Å². The SMILES string of the molecule is COc1cc(C)c(S(=O)(=O)Nc2ccccc2)cc1C(C)C. The van der Waals surface area contributed by atoms with Gasteiger partial charge in [0.25, 0.3) is 10.0 Å². The highest BCUT2D eigenvalue weighted by Gasteiger charge is 2.21. The lowest BCUT2D eigenvalue weighted by Gasteiger charge is -2.17. The molecule has 0 saturated carbocycles. The maximum absolute atomic E-state index is 12.6. The van der Waals surface area contributed by atoms with E-state index in [1.807, 2.05) is 19.9 Å². The Bertz CT molecular complexity index is 753. The Morgan fingerprint density at radius 3 is 2.27 bits per heavy atom. The van der Waals surface area contributed by atoms with E-state index in [0.29, 0.717) is 17.0 Å². The van der Waals surface area contributed by atoms with Gasteiger partial charge >= 0.3 is 0 Å². The third-order valence-electron chi connectivity index (χ3n) is 3.46. The van der Waals surface area contributed by atoms with E-state index in [1.165, 1.54) is 0 Å². The molecule has 0 aliphatic carbocycles. The molecule has 0 heterocycles. The van der Waals surface area contributed by atoms with Crippen LogP contribution < -0.4 is 9.46 Å². The number of aryl methyl sites for hydroxylation is 1. The number of sulfonamides is 1. The zero-order valence-corrected chi connectivity index (χ0v) is 14.1. The van der Waals surface area contributed by atoms with Crippen molar-refractivity contribution in [2.45, 2.75) is 31.6 Å². The number of ether oxygens (including phenoxy) is 1. The van der Waals surface area contributed by atoms with Crippen LogP contribution in [0.15, 0.2) is 47.4 Å². The van der Waals surface area contributed by atoms with Crippen LogP contribution in [-0.4, -0.2) is 15.5 Å². The molecule has 0 amide bonds. The highest BCUT2D eigenvalue weighted by Crippen LogP contribution is 2.32. The van der Waals surface area contributed by atoms with Crippen molar-refractivity contribution in [3.63, 3.8) is 0 Å². The van der Waals surface area contributed by atoms with Gasteiger partial charge in [-0.25, -0.2) is 8.42 Å². The van der Waals surface area contributed by atoms with Crippen LogP contribution in [0, 0.1) is 6.92 Å². The van der Waals surface area contributed by atoms with E-state index in [4.69, 9.17) is 4.74 Å². The van der Waals surface area contributed by atoms with Crippen molar-refractivity contribution in [2.24, 2.45) is 0 Å². The highest BCUT2D eigenvalue weighted by atomic mass is 32.2. The molecule has 0 fully saturated rings. The van der Waals surface area contributed by atoms with Crippen molar-refractivity contribution in [1.82, 2.24) is 0 Å². The summed E-state index contributed by atoms with van der Waals surface area (Å²) in [4.78, 5) is 0.279. The minimum atomic E-state index is -3.63. The lowest BCUT2D eigenvalue weighted by molar-refractivity contribution is 0.406. The van der Waals surface area contributed by atoms with E-state index in [9.17, 15) is 8.42 Å². The summed E-state index contributed by atoms with van der Waals surface area (Å²) >= 11 is 0. The first-order valence-electron chi connectivity index (χ1n) is 7.11. The summed E-state index contributed by atoms with van der Waals surface area (Å²) in [5, 5.41) is 0. The number of methoxy groups -OCH3 is 1. The Morgan fingerprint density at radius 2 is 1.73 bits per heavy atom. The molecule has 5 heteroatoms. The number of nitrogens with one attached hydrogen (secondary N) is 1. The quantitative estimate of drug-likeness (QED) is 0.908. The molecular formula is C17H21NO3S. The smallest absolute Gasteiger partial charge is 0.262 e. The fraction of sp³-hybridized carbons (Fsp3) is 0.294. The minimum Gasteiger partial charge on any atom is -0.496 e. The first-order chi connectivity index (χ1) is 10.3. The van der Waals surface area contributed by atoms with Crippen molar-refractivity contribution in [2.75, 3.05) is 11.8 Å². The molecule has 22 heavy (non-hydrogen) atoms. The van der Waals surface area contributed by atoms with Crippen LogP contribution in [0.1, 0.15) is 30.9 Å². The second-order valence-corrected chi connectivity index (χ2v) is 7.14. The standard InChI is InChI=1S/C17H21NO3S/c1-12(2)15-11-17(13(3)10-16(15)21-4)22(19,20)18-14-8-6-5-7-9-14/h5-12,18H,1-4H3. The molecule has 118 valence electrons. The summed E-state index contributed by atoms with van der Waals surface area (Å²) in [7, 11) is -2.04. The summed E-state index contributed by atoms with van der Waals surface area (Å²) in [5.41, 5.74) is 2.08. The van der Waals surface area contributed by atoms with Gasteiger partial charge in [-0.2, -0.15) is 0 Å². The Hall–Kier alpha value is -2.01. The number of para-hydroxylation sites is 1. The summed E-state index contributed by atoms with van der Waals surface area (Å²) in [6.07, 6.45) is 0. The summed E-state index contributed by atoms with van der Waals surface area (Å²) in [5.74, 6) is 0.882. The second kappa shape index (κ2) is 6.40. The van der Waals surface area contributed by atoms with E-state index in [2.05, 4.69) is 4.72 Å². The van der Waals surface area contributed by atoms with Gasteiger partial charge < -0.3 is 4.74 Å². The van der Waals surface area contributed by atoms with Gasteiger partial charge in [-0.1, -0.05) is 32.0 Å². The number of rotatable bonds is 5. The molecule has 0 aromatic heterocycles. The molecule has 2 aromatic carbocycles. The fourth-order valence-electron chi connectivity index (χ4n) is 2.31. The van der Waals surface area contributed by atoms with E-state index in [-0.39, 0.29) is 10.8 Å². The Balaban J connectivity index is 2.49. The molecule has 0 atom stereocenters. The predicted octanol–water partition coefficient (Wildman–Crippen LogP) is 3.93. The molecule has 0 aliphatic rings. The zero-order chi connectivity index (χ0) is 16.3. The van der Waals surface area contributed by atoms with Gasteiger partial charge in [-0.05, 0) is 48.2 Å². The fourth-order valence-corrected chi connectivity index (χ4v) is 3.63. The first-order valence-corrected chi connectivity index (χ1v) is 8.60. The molecule has 0 bridgehead atoms. The van der Waals surface area contributed by atoms with Crippen molar-refractivity contribution in [1.29, 1.82) is 0 Å². The molecule has 1 N–H and O–H groups in total. The van der Waals surface area contributed by atoms with Crippen LogP contribution in [0.2, 0.25) is 0 Å². The van der Waals surface area contributed by atoms with Crippen molar-refractivity contribution in [3.05, 3.63) is 53.6 Å². The molecule has 4 nitrogen and oxygen atoms in total. The lowest BCUT2D eigenvalue weighted by Crippen LogP contribution is -2.15. The van der Waals surface area contributed by atoms with Crippen LogP contribution in [0.3, 0.4) is 0 Å². The molecule has 0 spiro atoms. The zero-order valence-electron chi connectivity index (χ0n) is 13.3. The summed E-state index contributed by atoms with van der Waals surface area (Å²) in [6, 6.07) is 12.3. The van der Waals surface area contributed by atoms with Crippen molar-refractivity contribution >= 4 is 15.7 Å². The molecule has 0 aliphatic heterocycles. The van der Waals surface area contributed by atoms with Gasteiger partial charge in [0.05, 0.1) is 12.0 Å². The normalized spacial score (nSPS) is 11.5. The minimum absolute atomic E-state index is 0.168. The molecule has 2 aromatic rings. The van der Waals surface area contributed by atoms with Crippen LogP contribution in [0.4, 0.5) is 5.69 Å². The Kier molecular flexibility index (Phi) is 4.76. The van der Waals surface area contributed by atoms with Crippen LogP contribution in [0.5, 0.6) is 5.75 Å². The van der Waals surface area contributed by atoms with E-state index in [1.54, 1.807) is 50.4 Å². The van der Waals surface area contributed by atoms with Crippen LogP contribution in [0.25, 0.3) is 0 Å². The number of hydrogen-bond donors (Lipinski definition) is 1. The average Bonchev–Trinajstić information content (AvgIpc) is 2.46. The van der Waals surface area contributed by atoms with Gasteiger partial charge in [-0.3, -0.25) is 4.72 Å². The maximum Gasteiger partial charge on any atom is 0.262 e. The summed E-state index contributed by atoms with van der Waals surface area (Å²) < 4.78 is 33.3. The molecule has 0 unspecified atom stereocenters. The average molecular weight is 319 g/mol. The number of hydrogen-bond acceptors (Lipinski definition) is 3. The third kappa shape index (κ3) is 3.42. The number of anilines is 1. The topological polar surface area (TPSA) is 55.4 Å². The largest absolute Gasteiger partial charge is 0.496 e. The van der Waals surface area contributed by atoms with Crippen LogP contribution in [-0.2, 0) is 10.0 Å². The van der Waals surface area contributed by atoms with Crippen molar-refractivity contribution in [3.8, 4) is 5.75 Å². The monoisotopic (exact) mass is 319 g/mol. The molecular weight excluding hydrogens is 298 g/mol. The molecule has 0 radical (unpaired) electrons. The lowest BCUT2D eigenvalue weighted by atomic mass is 10.0. The van der Waals surface area contributed by atoms with Gasteiger partial charge in [0, 0.05) is 5.69 Å². The Morgan fingerprint density at radius 1 is 1.09 bits per heavy atom.